The highest BCUT2D eigenvalue weighted by atomic mass is 16.1. The number of nitrogens with one attached hydrogen (secondary N) is 1. The molecule has 1 aromatic heterocycles. The van der Waals surface area contributed by atoms with Crippen LogP contribution in [0, 0.1) is 0 Å². The van der Waals surface area contributed by atoms with Crippen molar-refractivity contribution >= 4 is 16.8 Å². The molecule has 1 aromatic carbocycles. The molecule has 4 nitrogen and oxygen atoms in total. The Morgan fingerprint density at radius 2 is 2.21 bits per heavy atom. The topological polar surface area (TPSA) is 60.1 Å². The van der Waals surface area contributed by atoms with Gasteiger partial charge in [0, 0.05) is 37.3 Å². The second kappa shape index (κ2) is 5.05. The molecule has 4 heteroatoms. The van der Waals surface area contributed by atoms with E-state index in [1.165, 1.54) is 29.3 Å². The van der Waals surface area contributed by atoms with Crippen molar-refractivity contribution < 1.29 is 4.79 Å². The fraction of sp³-hybridized carbons (Fsp3) is 0.400. The van der Waals surface area contributed by atoms with E-state index in [4.69, 9.17) is 5.73 Å². The molecule has 3 N–H and O–H groups in total. The van der Waals surface area contributed by atoms with Gasteiger partial charge in [0.25, 0.3) is 0 Å². The van der Waals surface area contributed by atoms with Gasteiger partial charge in [-0.05, 0) is 35.9 Å². The Kier molecular flexibility index (Phi) is 3.25. The van der Waals surface area contributed by atoms with Crippen molar-refractivity contribution in [1.82, 2.24) is 9.88 Å². The maximum Gasteiger partial charge on any atom is 0.219 e. The van der Waals surface area contributed by atoms with Crippen LogP contribution in [-0.2, 0) is 17.9 Å². The molecule has 19 heavy (non-hydrogen) atoms. The fourth-order valence-electron chi connectivity index (χ4n) is 2.31. The van der Waals surface area contributed by atoms with Crippen LogP contribution in [0.25, 0.3) is 10.9 Å². The maximum absolute atomic E-state index is 10.9. The van der Waals surface area contributed by atoms with E-state index >= 15 is 0 Å². The van der Waals surface area contributed by atoms with Gasteiger partial charge in [0.05, 0.1) is 0 Å². The molecule has 1 aliphatic carbocycles. The molecule has 0 bridgehead atoms. The third kappa shape index (κ3) is 2.96. The van der Waals surface area contributed by atoms with E-state index < -0.39 is 0 Å². The summed E-state index contributed by atoms with van der Waals surface area (Å²) in [5, 5.41) is 4.72. The third-order valence-corrected chi connectivity index (χ3v) is 3.61. The number of amides is 1. The second-order valence-corrected chi connectivity index (χ2v) is 5.27. The number of nitrogens with zero attached hydrogens (tertiary/aromatic N) is 1. The van der Waals surface area contributed by atoms with Gasteiger partial charge in [0.2, 0.25) is 5.91 Å². The number of rotatable bonds is 6. The van der Waals surface area contributed by atoms with Crippen molar-refractivity contribution in [3.05, 3.63) is 36.0 Å². The van der Waals surface area contributed by atoms with Gasteiger partial charge in [-0.1, -0.05) is 12.1 Å². The summed E-state index contributed by atoms with van der Waals surface area (Å²) in [4.78, 5) is 10.9. The lowest BCUT2D eigenvalue weighted by atomic mass is 10.1. The number of nitrogens with two attached hydrogens (primary N) is 1. The lowest BCUT2D eigenvalue weighted by Gasteiger charge is -2.07. The fourth-order valence-corrected chi connectivity index (χ4v) is 2.31. The van der Waals surface area contributed by atoms with E-state index in [0.29, 0.717) is 13.0 Å². The van der Waals surface area contributed by atoms with Gasteiger partial charge in [-0.15, -0.1) is 0 Å². The average Bonchev–Trinajstić information content (AvgIpc) is 3.14. The lowest BCUT2D eigenvalue weighted by Crippen LogP contribution is -2.15. The number of carbonyl (C=O) groups excluding carboxylic acids is 1. The van der Waals surface area contributed by atoms with Crippen LogP contribution in [0.5, 0.6) is 0 Å². The number of primary amides is 1. The molecule has 0 unspecified atom stereocenters. The molecular formula is C15H19N3O. The Morgan fingerprint density at radius 3 is 2.95 bits per heavy atom. The molecule has 0 radical (unpaired) electrons. The number of aryl methyl sites for hydroxylation is 1. The first-order valence-corrected chi connectivity index (χ1v) is 6.82. The minimum Gasteiger partial charge on any atom is -0.370 e. The zero-order chi connectivity index (χ0) is 13.2. The number of hydrogen-bond donors (Lipinski definition) is 2. The van der Waals surface area contributed by atoms with Crippen LogP contribution < -0.4 is 11.1 Å². The number of aromatic nitrogens is 1. The van der Waals surface area contributed by atoms with Gasteiger partial charge >= 0.3 is 0 Å². The summed E-state index contributed by atoms with van der Waals surface area (Å²) in [6.07, 6.45) is 5.01. The second-order valence-electron chi connectivity index (χ2n) is 5.27. The predicted octanol–water partition coefficient (Wildman–Crippen LogP) is 1.77. The molecule has 100 valence electrons. The van der Waals surface area contributed by atoms with Crippen molar-refractivity contribution in [2.24, 2.45) is 5.73 Å². The molecule has 2 aromatic rings. The standard InChI is InChI=1S/C15H19N3O/c16-15(19)6-8-18-7-5-12-2-1-11(9-14(12)18)10-17-13-3-4-13/h1-2,5,7,9,13,17H,3-4,6,8,10H2,(H2,16,19). The summed E-state index contributed by atoms with van der Waals surface area (Å²) in [5.74, 6) is -0.256. The summed E-state index contributed by atoms with van der Waals surface area (Å²) in [7, 11) is 0. The minimum atomic E-state index is -0.256. The van der Waals surface area contributed by atoms with Crippen molar-refractivity contribution in [3.8, 4) is 0 Å². The van der Waals surface area contributed by atoms with Crippen LogP contribution in [0.3, 0.4) is 0 Å². The Labute approximate surface area is 112 Å². The molecule has 3 rings (SSSR count). The molecular weight excluding hydrogens is 238 g/mol. The van der Waals surface area contributed by atoms with Gasteiger partial charge < -0.3 is 15.6 Å². The lowest BCUT2D eigenvalue weighted by molar-refractivity contribution is -0.118. The highest BCUT2D eigenvalue weighted by Crippen LogP contribution is 2.21. The Balaban J connectivity index is 1.78. The highest BCUT2D eigenvalue weighted by molar-refractivity contribution is 5.81. The van der Waals surface area contributed by atoms with E-state index in [1.54, 1.807) is 0 Å². The van der Waals surface area contributed by atoms with Crippen molar-refractivity contribution in [3.63, 3.8) is 0 Å². The van der Waals surface area contributed by atoms with Gasteiger partial charge in [-0.2, -0.15) is 0 Å². The largest absolute Gasteiger partial charge is 0.370 e. The van der Waals surface area contributed by atoms with Crippen molar-refractivity contribution in [2.45, 2.75) is 38.4 Å². The van der Waals surface area contributed by atoms with Gasteiger partial charge in [-0.3, -0.25) is 4.79 Å². The molecule has 1 amide bonds. The van der Waals surface area contributed by atoms with Crippen LogP contribution in [0.4, 0.5) is 0 Å². The molecule has 0 saturated heterocycles. The monoisotopic (exact) mass is 257 g/mol. The molecule has 1 saturated carbocycles. The summed E-state index contributed by atoms with van der Waals surface area (Å²) >= 11 is 0. The van der Waals surface area contributed by atoms with Crippen molar-refractivity contribution in [2.75, 3.05) is 0 Å². The van der Waals surface area contributed by atoms with Crippen LogP contribution in [0.1, 0.15) is 24.8 Å². The van der Waals surface area contributed by atoms with Gasteiger partial charge in [0.15, 0.2) is 0 Å². The maximum atomic E-state index is 10.9. The normalized spacial score (nSPS) is 14.9. The first kappa shape index (κ1) is 12.2. The van der Waals surface area contributed by atoms with Crippen LogP contribution in [0.15, 0.2) is 30.5 Å². The Hall–Kier alpha value is -1.81. The first-order valence-electron chi connectivity index (χ1n) is 6.82. The molecule has 1 fully saturated rings. The van der Waals surface area contributed by atoms with E-state index in [1.807, 2.05) is 6.20 Å². The molecule has 1 heterocycles. The number of hydrogen-bond acceptors (Lipinski definition) is 2. The van der Waals surface area contributed by atoms with E-state index in [0.717, 1.165) is 12.6 Å². The summed E-state index contributed by atoms with van der Waals surface area (Å²) in [5.41, 5.74) is 7.68. The van der Waals surface area contributed by atoms with E-state index in [9.17, 15) is 4.79 Å². The third-order valence-electron chi connectivity index (χ3n) is 3.61. The summed E-state index contributed by atoms with van der Waals surface area (Å²) < 4.78 is 2.10. The quantitative estimate of drug-likeness (QED) is 0.828. The van der Waals surface area contributed by atoms with Crippen LogP contribution in [0.2, 0.25) is 0 Å². The average molecular weight is 257 g/mol. The molecule has 1 aliphatic rings. The Bertz CT molecular complexity index is 598. The Morgan fingerprint density at radius 1 is 1.37 bits per heavy atom. The minimum absolute atomic E-state index is 0.256. The van der Waals surface area contributed by atoms with Gasteiger partial charge in [0.1, 0.15) is 0 Å². The zero-order valence-corrected chi connectivity index (χ0v) is 10.9. The highest BCUT2D eigenvalue weighted by Gasteiger charge is 2.19. The van der Waals surface area contributed by atoms with Crippen molar-refractivity contribution in [1.29, 1.82) is 0 Å². The number of carbonyl (C=O) groups is 1. The SMILES string of the molecule is NC(=O)CCn1ccc2ccc(CNC3CC3)cc21. The molecule has 0 atom stereocenters. The van der Waals surface area contributed by atoms with E-state index in [2.05, 4.69) is 34.1 Å². The molecule has 0 aliphatic heterocycles. The van der Waals surface area contributed by atoms with Crippen LogP contribution in [-0.4, -0.2) is 16.5 Å². The van der Waals surface area contributed by atoms with Crippen LogP contribution >= 0.6 is 0 Å². The number of benzene rings is 1. The zero-order valence-electron chi connectivity index (χ0n) is 10.9. The number of fused-ring (bicyclic) bond motifs is 1. The predicted molar refractivity (Wildman–Crippen MR) is 75.6 cm³/mol. The van der Waals surface area contributed by atoms with E-state index in [-0.39, 0.29) is 5.91 Å². The summed E-state index contributed by atoms with van der Waals surface area (Å²) in [6.45, 7) is 1.57. The smallest absolute Gasteiger partial charge is 0.219 e. The summed E-state index contributed by atoms with van der Waals surface area (Å²) in [6, 6.07) is 9.30. The molecule has 0 spiro atoms. The van der Waals surface area contributed by atoms with Gasteiger partial charge in [-0.25, -0.2) is 0 Å². The first-order chi connectivity index (χ1) is 9.22.